The van der Waals surface area contributed by atoms with Crippen molar-refractivity contribution >= 4 is 46.1 Å². The number of rotatable bonds is 5. The molecule has 1 aliphatic carbocycles. The number of halogens is 4. The zero-order valence-electron chi connectivity index (χ0n) is 20.3. The number of alkyl halides is 3. The van der Waals surface area contributed by atoms with Gasteiger partial charge in [-0.15, -0.1) is 0 Å². The van der Waals surface area contributed by atoms with Crippen LogP contribution in [-0.2, 0) is 4.79 Å². The molecule has 2 fully saturated rings. The number of hydrogen-bond acceptors (Lipinski definition) is 7. The Morgan fingerprint density at radius 1 is 1.05 bits per heavy atom. The molecule has 2 aliphatic rings. The summed E-state index contributed by atoms with van der Waals surface area (Å²) in [6.07, 6.45) is -2.75. The first kappa shape index (κ1) is 27.2. The molecule has 2 heterocycles. The van der Waals surface area contributed by atoms with Crippen molar-refractivity contribution in [3.05, 3.63) is 53.1 Å². The topological polar surface area (TPSA) is 108 Å². The minimum atomic E-state index is -5.08. The summed E-state index contributed by atoms with van der Waals surface area (Å²) in [7, 11) is 1.58. The third-order valence-electron chi connectivity index (χ3n) is 5.98. The zero-order valence-corrected chi connectivity index (χ0v) is 21.1. The highest BCUT2D eigenvalue weighted by molar-refractivity contribution is 6.33. The van der Waals surface area contributed by atoms with Gasteiger partial charge in [0, 0.05) is 32.2 Å². The highest BCUT2D eigenvalue weighted by Gasteiger charge is 2.38. The number of carboxylic acid groups (broad SMARTS) is 1. The lowest BCUT2D eigenvalue weighted by molar-refractivity contribution is -0.192. The van der Waals surface area contributed by atoms with Crippen LogP contribution in [0, 0.1) is 0 Å². The SMILES string of the molecule is COc1ccc(Cl)c(C(=O)N2CCN(c3nc4ccccc4nc3NC3CC3)CC2)c1.O=C(O)C(F)(F)F. The number of aliphatic carboxylic acids is 1. The number of amides is 1. The highest BCUT2D eigenvalue weighted by Crippen LogP contribution is 2.31. The van der Waals surface area contributed by atoms with Gasteiger partial charge in [0.2, 0.25) is 0 Å². The summed E-state index contributed by atoms with van der Waals surface area (Å²) >= 11 is 6.28. The van der Waals surface area contributed by atoms with Crippen molar-refractivity contribution in [1.29, 1.82) is 0 Å². The smallest absolute Gasteiger partial charge is 0.490 e. The second kappa shape index (κ2) is 11.3. The molecule has 202 valence electrons. The predicted molar refractivity (Wildman–Crippen MR) is 136 cm³/mol. The molecule has 2 aromatic carbocycles. The Morgan fingerprint density at radius 3 is 2.21 bits per heavy atom. The molecule has 0 bridgehead atoms. The van der Waals surface area contributed by atoms with Crippen molar-refractivity contribution in [3.8, 4) is 5.75 Å². The van der Waals surface area contributed by atoms with Crippen molar-refractivity contribution in [2.45, 2.75) is 25.1 Å². The van der Waals surface area contributed by atoms with Gasteiger partial charge in [-0.3, -0.25) is 4.79 Å². The summed E-state index contributed by atoms with van der Waals surface area (Å²) in [6, 6.07) is 13.6. The fourth-order valence-corrected chi connectivity index (χ4v) is 4.01. The molecule has 38 heavy (non-hydrogen) atoms. The van der Waals surface area contributed by atoms with Crippen LogP contribution in [0.2, 0.25) is 5.02 Å². The van der Waals surface area contributed by atoms with E-state index in [4.69, 9.17) is 36.2 Å². The van der Waals surface area contributed by atoms with Crippen LogP contribution in [0.15, 0.2) is 42.5 Å². The Hall–Kier alpha value is -3.80. The molecule has 0 atom stereocenters. The van der Waals surface area contributed by atoms with Gasteiger partial charge in [-0.1, -0.05) is 23.7 Å². The standard InChI is InChI=1S/C23H24ClN5O2.C2HF3O2/c1-31-16-8-9-18(24)17(14-16)23(30)29-12-10-28(11-13-29)22-21(25-15-6-7-15)26-19-4-2-3-5-20(19)27-22;3-2(4,5)1(6)7/h2-5,8-9,14-15H,6-7,10-13H2,1H3,(H,25,26);(H,6,7). The molecule has 9 nitrogen and oxygen atoms in total. The number of piperazine rings is 1. The van der Waals surface area contributed by atoms with E-state index in [1.54, 1.807) is 25.3 Å². The van der Waals surface area contributed by atoms with Crippen LogP contribution in [0.25, 0.3) is 11.0 Å². The number of benzene rings is 2. The third-order valence-corrected chi connectivity index (χ3v) is 6.31. The van der Waals surface area contributed by atoms with Crippen molar-refractivity contribution in [1.82, 2.24) is 14.9 Å². The number of fused-ring (bicyclic) bond motifs is 1. The van der Waals surface area contributed by atoms with Crippen LogP contribution in [0.3, 0.4) is 0 Å². The third kappa shape index (κ3) is 6.55. The molecule has 5 rings (SSSR count). The van der Waals surface area contributed by atoms with Crippen LogP contribution in [0.5, 0.6) is 5.75 Å². The Balaban J connectivity index is 0.000000426. The normalized spacial score (nSPS) is 15.5. The molecule has 1 aromatic heterocycles. The van der Waals surface area contributed by atoms with Gasteiger partial charge < -0.3 is 25.0 Å². The summed E-state index contributed by atoms with van der Waals surface area (Å²) in [4.78, 5) is 35.7. The molecule has 1 saturated heterocycles. The maximum absolute atomic E-state index is 13.1. The summed E-state index contributed by atoms with van der Waals surface area (Å²) in [6.45, 7) is 2.53. The lowest BCUT2D eigenvalue weighted by Crippen LogP contribution is -2.49. The first-order chi connectivity index (χ1) is 18.1. The summed E-state index contributed by atoms with van der Waals surface area (Å²) in [5, 5.41) is 11.1. The first-order valence-corrected chi connectivity index (χ1v) is 12.2. The van der Waals surface area contributed by atoms with Crippen molar-refractivity contribution in [2.75, 3.05) is 43.5 Å². The molecule has 13 heteroatoms. The number of carbonyl (C=O) groups is 2. The lowest BCUT2D eigenvalue weighted by atomic mass is 10.1. The highest BCUT2D eigenvalue weighted by atomic mass is 35.5. The Labute approximate surface area is 221 Å². The van der Waals surface area contributed by atoms with Crippen LogP contribution in [0.1, 0.15) is 23.2 Å². The fourth-order valence-electron chi connectivity index (χ4n) is 3.82. The summed E-state index contributed by atoms with van der Waals surface area (Å²) in [5.74, 6) is -0.528. The molecule has 0 unspecified atom stereocenters. The van der Waals surface area contributed by atoms with Crippen molar-refractivity contribution in [3.63, 3.8) is 0 Å². The number of ether oxygens (including phenoxy) is 1. The van der Waals surface area contributed by atoms with E-state index in [1.165, 1.54) is 0 Å². The van der Waals surface area contributed by atoms with E-state index in [2.05, 4.69) is 10.2 Å². The van der Waals surface area contributed by atoms with Crippen molar-refractivity contribution in [2.24, 2.45) is 0 Å². The molecule has 3 aromatic rings. The molecular weight excluding hydrogens is 527 g/mol. The van der Waals surface area contributed by atoms with Gasteiger partial charge in [0.15, 0.2) is 11.6 Å². The minimum absolute atomic E-state index is 0.0792. The molecule has 0 radical (unpaired) electrons. The number of hydrogen-bond donors (Lipinski definition) is 2. The molecule has 2 N–H and O–H groups in total. The Kier molecular flexibility index (Phi) is 8.10. The largest absolute Gasteiger partial charge is 0.497 e. The second-order valence-corrected chi connectivity index (χ2v) is 9.14. The Morgan fingerprint density at radius 2 is 1.66 bits per heavy atom. The van der Waals surface area contributed by atoms with E-state index in [-0.39, 0.29) is 5.91 Å². The van der Waals surface area contributed by atoms with Gasteiger partial charge in [-0.05, 0) is 43.2 Å². The number of aromatic nitrogens is 2. The maximum atomic E-state index is 13.1. The van der Waals surface area contributed by atoms with Crippen LogP contribution >= 0.6 is 11.6 Å². The molecule has 1 saturated carbocycles. The van der Waals surface area contributed by atoms with E-state index >= 15 is 0 Å². The van der Waals surface area contributed by atoms with Gasteiger partial charge in [-0.25, -0.2) is 14.8 Å². The van der Waals surface area contributed by atoms with Crippen LogP contribution < -0.4 is 15.0 Å². The van der Waals surface area contributed by atoms with E-state index in [1.807, 2.05) is 29.2 Å². The summed E-state index contributed by atoms with van der Waals surface area (Å²) in [5.41, 5.74) is 2.23. The number of carboxylic acids is 1. The van der Waals surface area contributed by atoms with Gasteiger partial charge in [0.05, 0.1) is 28.7 Å². The molecule has 1 aliphatic heterocycles. The minimum Gasteiger partial charge on any atom is -0.497 e. The number of anilines is 2. The Bertz CT molecular complexity index is 1330. The maximum Gasteiger partial charge on any atom is 0.490 e. The number of methoxy groups -OCH3 is 1. The van der Waals surface area contributed by atoms with Gasteiger partial charge in [0.1, 0.15) is 5.75 Å². The van der Waals surface area contributed by atoms with Crippen LogP contribution in [0.4, 0.5) is 24.8 Å². The quantitative estimate of drug-likeness (QED) is 0.478. The number of nitrogens with one attached hydrogen (secondary N) is 1. The number of para-hydroxylation sites is 2. The van der Waals surface area contributed by atoms with Gasteiger partial charge in [0.25, 0.3) is 5.91 Å². The number of carbonyl (C=O) groups excluding carboxylic acids is 1. The van der Waals surface area contributed by atoms with E-state index in [0.717, 1.165) is 35.5 Å². The van der Waals surface area contributed by atoms with E-state index < -0.39 is 12.1 Å². The number of nitrogens with zero attached hydrogens (tertiary/aromatic N) is 4. The van der Waals surface area contributed by atoms with Gasteiger partial charge in [-0.2, -0.15) is 13.2 Å². The average molecular weight is 552 g/mol. The summed E-state index contributed by atoms with van der Waals surface area (Å²) < 4.78 is 37.0. The van der Waals surface area contributed by atoms with Gasteiger partial charge >= 0.3 is 12.1 Å². The van der Waals surface area contributed by atoms with Crippen LogP contribution in [-0.4, -0.2) is 77.4 Å². The predicted octanol–water partition coefficient (Wildman–Crippen LogP) is 4.46. The zero-order chi connectivity index (χ0) is 27.4. The second-order valence-electron chi connectivity index (χ2n) is 8.73. The molecule has 0 spiro atoms. The molecular formula is C25H25ClF3N5O4. The lowest BCUT2D eigenvalue weighted by Gasteiger charge is -2.36. The van der Waals surface area contributed by atoms with Crippen molar-refractivity contribution < 1.29 is 32.6 Å². The first-order valence-electron chi connectivity index (χ1n) is 11.8. The average Bonchev–Trinajstić information content (AvgIpc) is 3.72. The van der Waals surface area contributed by atoms with E-state index in [9.17, 15) is 18.0 Å². The molecule has 1 amide bonds. The monoisotopic (exact) mass is 551 g/mol. The fraction of sp³-hybridized carbons (Fsp3) is 0.360. The van der Waals surface area contributed by atoms with E-state index in [0.29, 0.717) is 48.6 Å².